The number of carboxylic acids is 1. The highest BCUT2D eigenvalue weighted by molar-refractivity contribution is 5.89. The average molecular weight is 184 g/mol. The third kappa shape index (κ3) is 2.66. The summed E-state index contributed by atoms with van der Waals surface area (Å²) in [7, 11) is 0. The molecular formula is C9H6F2O2. The minimum absolute atomic E-state index is 0.180. The first-order valence-electron chi connectivity index (χ1n) is 3.45. The van der Waals surface area contributed by atoms with Crippen molar-refractivity contribution in [1.29, 1.82) is 0 Å². The lowest BCUT2D eigenvalue weighted by atomic mass is 10.2. The molecule has 1 rings (SSSR count). The maximum atomic E-state index is 12.5. The summed E-state index contributed by atoms with van der Waals surface area (Å²) >= 11 is 0. The van der Waals surface area contributed by atoms with Gasteiger partial charge in [0.05, 0.1) is 0 Å². The molecule has 0 aliphatic carbocycles. The Bertz CT molecular complexity index is 358. The van der Waals surface area contributed by atoms with Gasteiger partial charge >= 0.3 is 5.97 Å². The van der Waals surface area contributed by atoms with E-state index in [1.807, 2.05) is 0 Å². The molecule has 0 bridgehead atoms. The van der Waals surface area contributed by atoms with Crippen LogP contribution in [0.4, 0.5) is 8.78 Å². The predicted molar refractivity (Wildman–Crippen MR) is 43.1 cm³/mol. The van der Waals surface area contributed by atoms with E-state index in [0.29, 0.717) is 0 Å². The highest BCUT2D eigenvalue weighted by atomic mass is 19.1. The third-order valence-electron chi connectivity index (χ3n) is 1.35. The van der Waals surface area contributed by atoms with Crippen molar-refractivity contribution in [1.82, 2.24) is 0 Å². The van der Waals surface area contributed by atoms with E-state index >= 15 is 0 Å². The molecule has 0 spiro atoms. The molecule has 0 aromatic heterocycles. The first kappa shape index (κ1) is 9.38. The molecule has 68 valence electrons. The van der Waals surface area contributed by atoms with Gasteiger partial charge in [-0.05, 0) is 23.8 Å². The molecular weight excluding hydrogens is 178 g/mol. The minimum Gasteiger partial charge on any atom is -0.476 e. The van der Waals surface area contributed by atoms with Gasteiger partial charge in [0.15, 0.2) is 0 Å². The van der Waals surface area contributed by atoms with Gasteiger partial charge in [0.1, 0.15) is 5.82 Å². The molecule has 0 heterocycles. The fourth-order valence-electron chi connectivity index (χ4n) is 0.804. The fraction of sp³-hybridized carbons (Fsp3) is 0. The number of rotatable bonds is 2. The smallest absolute Gasteiger partial charge is 0.364 e. The van der Waals surface area contributed by atoms with E-state index < -0.39 is 17.6 Å². The minimum atomic E-state index is -1.66. The Kier molecular flexibility index (Phi) is 2.74. The molecule has 0 radical (unpaired) electrons. The van der Waals surface area contributed by atoms with Gasteiger partial charge in [0, 0.05) is 0 Å². The van der Waals surface area contributed by atoms with Gasteiger partial charge < -0.3 is 5.11 Å². The van der Waals surface area contributed by atoms with Crippen molar-refractivity contribution in [2.75, 3.05) is 0 Å². The molecule has 0 aliphatic heterocycles. The Labute approximate surface area is 73.1 Å². The van der Waals surface area contributed by atoms with Crippen molar-refractivity contribution in [3.8, 4) is 0 Å². The molecule has 0 saturated heterocycles. The van der Waals surface area contributed by atoms with E-state index in [0.717, 1.165) is 12.1 Å². The summed E-state index contributed by atoms with van der Waals surface area (Å²) in [6, 6.07) is 5.01. The van der Waals surface area contributed by atoms with Crippen molar-refractivity contribution in [3.05, 3.63) is 41.5 Å². The quantitative estimate of drug-likeness (QED) is 0.715. The second kappa shape index (κ2) is 3.80. The van der Waals surface area contributed by atoms with E-state index in [1.54, 1.807) is 0 Å². The van der Waals surface area contributed by atoms with Gasteiger partial charge in [-0.3, -0.25) is 0 Å². The van der Waals surface area contributed by atoms with E-state index in [-0.39, 0.29) is 5.56 Å². The summed E-state index contributed by atoms with van der Waals surface area (Å²) in [6.45, 7) is 0. The summed E-state index contributed by atoms with van der Waals surface area (Å²) in [6.07, 6.45) is 0.755. The van der Waals surface area contributed by atoms with Crippen LogP contribution in [0.1, 0.15) is 5.56 Å². The Hall–Kier alpha value is -1.71. The van der Waals surface area contributed by atoms with Gasteiger partial charge in [-0.1, -0.05) is 12.1 Å². The van der Waals surface area contributed by atoms with Gasteiger partial charge in [0.25, 0.3) is 0 Å². The number of benzene rings is 1. The third-order valence-corrected chi connectivity index (χ3v) is 1.35. The van der Waals surface area contributed by atoms with Crippen LogP contribution in [0.25, 0.3) is 6.08 Å². The molecule has 13 heavy (non-hydrogen) atoms. The fourth-order valence-corrected chi connectivity index (χ4v) is 0.804. The summed E-state index contributed by atoms with van der Waals surface area (Å²) in [5.41, 5.74) is 0.180. The number of hydrogen-bond acceptors (Lipinski definition) is 1. The van der Waals surface area contributed by atoms with Crippen LogP contribution in [0.2, 0.25) is 0 Å². The van der Waals surface area contributed by atoms with Crippen LogP contribution in [-0.2, 0) is 4.79 Å². The molecule has 1 aromatic carbocycles. The molecule has 0 atom stereocenters. The van der Waals surface area contributed by atoms with Gasteiger partial charge in [0.2, 0.25) is 5.83 Å². The molecule has 1 aromatic rings. The summed E-state index contributed by atoms with van der Waals surface area (Å²) in [4.78, 5) is 10.1. The summed E-state index contributed by atoms with van der Waals surface area (Å²) < 4.78 is 25.0. The second-order valence-corrected chi connectivity index (χ2v) is 2.35. The zero-order valence-electron chi connectivity index (χ0n) is 6.50. The van der Waals surface area contributed by atoms with Crippen LogP contribution in [0, 0.1) is 5.82 Å². The lowest BCUT2D eigenvalue weighted by molar-refractivity contribution is -0.134. The van der Waals surface area contributed by atoms with E-state index in [1.165, 1.54) is 18.2 Å². The summed E-state index contributed by atoms with van der Waals surface area (Å²) in [5.74, 6) is -3.51. The molecule has 4 heteroatoms. The van der Waals surface area contributed by atoms with E-state index in [4.69, 9.17) is 5.11 Å². The number of hydrogen-bond donors (Lipinski definition) is 1. The van der Waals surface area contributed by atoms with Crippen LogP contribution in [-0.4, -0.2) is 11.1 Å². The van der Waals surface area contributed by atoms with E-state index in [9.17, 15) is 13.6 Å². The van der Waals surface area contributed by atoms with Crippen LogP contribution in [0.15, 0.2) is 30.1 Å². The van der Waals surface area contributed by atoms with Crippen LogP contribution in [0.3, 0.4) is 0 Å². The first-order chi connectivity index (χ1) is 6.09. The predicted octanol–water partition coefficient (Wildman–Crippen LogP) is 2.22. The zero-order valence-corrected chi connectivity index (χ0v) is 6.50. The number of carbonyl (C=O) groups is 1. The van der Waals surface area contributed by atoms with Gasteiger partial charge in [-0.25, -0.2) is 9.18 Å². The van der Waals surface area contributed by atoms with Crippen molar-refractivity contribution in [2.24, 2.45) is 0 Å². The molecule has 1 N–H and O–H groups in total. The summed E-state index contributed by atoms with van der Waals surface area (Å²) in [5, 5.41) is 8.18. The number of carboxylic acid groups (broad SMARTS) is 1. The largest absolute Gasteiger partial charge is 0.476 e. The highest BCUT2D eigenvalue weighted by Crippen LogP contribution is 2.09. The maximum absolute atomic E-state index is 12.5. The van der Waals surface area contributed by atoms with Crippen LogP contribution >= 0.6 is 0 Å². The van der Waals surface area contributed by atoms with Gasteiger partial charge in [-0.2, -0.15) is 4.39 Å². The van der Waals surface area contributed by atoms with Crippen molar-refractivity contribution >= 4 is 12.0 Å². The second-order valence-electron chi connectivity index (χ2n) is 2.35. The zero-order chi connectivity index (χ0) is 9.84. The Balaban J connectivity index is 2.97. The van der Waals surface area contributed by atoms with Gasteiger partial charge in [-0.15, -0.1) is 0 Å². The van der Waals surface area contributed by atoms with Crippen molar-refractivity contribution in [2.45, 2.75) is 0 Å². The molecule has 0 aliphatic rings. The molecule has 0 unspecified atom stereocenters. The van der Waals surface area contributed by atoms with Crippen LogP contribution in [0.5, 0.6) is 0 Å². The monoisotopic (exact) mass is 184 g/mol. The lowest BCUT2D eigenvalue weighted by Crippen LogP contribution is -1.94. The Morgan fingerprint density at radius 2 is 2.15 bits per heavy atom. The van der Waals surface area contributed by atoms with E-state index in [2.05, 4.69) is 0 Å². The molecule has 0 fully saturated rings. The molecule has 0 saturated carbocycles. The normalized spacial score (nSPS) is 11.4. The van der Waals surface area contributed by atoms with Crippen molar-refractivity contribution in [3.63, 3.8) is 0 Å². The number of halogens is 2. The Morgan fingerprint density at radius 3 is 2.69 bits per heavy atom. The standard InChI is InChI=1S/C9H6F2O2/c10-7-3-1-2-6(4-7)5-8(11)9(12)13/h1-5H,(H,12,13)/b8-5-. The van der Waals surface area contributed by atoms with Crippen molar-refractivity contribution < 1.29 is 18.7 Å². The lowest BCUT2D eigenvalue weighted by Gasteiger charge is -1.93. The SMILES string of the molecule is O=C(O)/C(F)=C/c1cccc(F)c1. The molecule has 0 amide bonds. The topological polar surface area (TPSA) is 37.3 Å². The first-order valence-corrected chi connectivity index (χ1v) is 3.45. The average Bonchev–Trinajstić information content (AvgIpc) is 2.04. The molecule has 2 nitrogen and oxygen atoms in total. The number of aliphatic carboxylic acids is 1. The maximum Gasteiger partial charge on any atom is 0.364 e. The highest BCUT2D eigenvalue weighted by Gasteiger charge is 2.04. The van der Waals surface area contributed by atoms with Crippen LogP contribution < -0.4 is 0 Å². The Morgan fingerprint density at radius 1 is 1.46 bits per heavy atom.